The Bertz CT molecular complexity index is 668. The highest BCUT2D eigenvalue weighted by Gasteiger charge is 2.39. The third-order valence-electron chi connectivity index (χ3n) is 5.70. The summed E-state index contributed by atoms with van der Waals surface area (Å²) in [5, 5.41) is 9.66. The molecule has 1 aliphatic carbocycles. The van der Waals surface area contributed by atoms with Gasteiger partial charge in [-0.05, 0) is 30.4 Å². The third-order valence-corrected chi connectivity index (χ3v) is 5.70. The summed E-state index contributed by atoms with van der Waals surface area (Å²) in [5.41, 5.74) is 2.05. The number of rotatable bonds is 4. The molecule has 4 heteroatoms. The molecule has 0 unspecified atom stereocenters. The molecular formula is C21H27N3O. The molecule has 4 nitrogen and oxygen atoms in total. The Labute approximate surface area is 150 Å². The zero-order valence-electron chi connectivity index (χ0n) is 15.1. The SMILES string of the molecule is CN(C(=O)CN1CC=C(c2ccccc2)CC1)C1(C#N)CCCCC1. The highest BCUT2D eigenvalue weighted by molar-refractivity contribution is 5.79. The lowest BCUT2D eigenvalue weighted by Crippen LogP contribution is -2.52. The number of amides is 1. The second-order valence-corrected chi connectivity index (χ2v) is 7.24. The summed E-state index contributed by atoms with van der Waals surface area (Å²) in [6.45, 7) is 2.09. The van der Waals surface area contributed by atoms with E-state index >= 15 is 0 Å². The molecule has 0 radical (unpaired) electrons. The van der Waals surface area contributed by atoms with Crippen LogP contribution in [0.4, 0.5) is 0 Å². The van der Waals surface area contributed by atoms with E-state index in [1.54, 1.807) is 4.90 Å². The van der Waals surface area contributed by atoms with Crippen LogP contribution in [0.2, 0.25) is 0 Å². The van der Waals surface area contributed by atoms with Crippen molar-refractivity contribution in [1.29, 1.82) is 5.26 Å². The lowest BCUT2D eigenvalue weighted by molar-refractivity contribution is -0.136. The molecule has 1 saturated carbocycles. The molecule has 0 bridgehead atoms. The van der Waals surface area contributed by atoms with Gasteiger partial charge in [0.25, 0.3) is 0 Å². The van der Waals surface area contributed by atoms with Crippen molar-refractivity contribution >= 4 is 11.5 Å². The molecule has 25 heavy (non-hydrogen) atoms. The number of nitriles is 1. The summed E-state index contributed by atoms with van der Waals surface area (Å²) in [6.07, 6.45) is 8.06. The van der Waals surface area contributed by atoms with Gasteiger partial charge in [0.05, 0.1) is 12.6 Å². The summed E-state index contributed by atoms with van der Waals surface area (Å²) in [7, 11) is 1.81. The van der Waals surface area contributed by atoms with E-state index < -0.39 is 5.54 Å². The maximum absolute atomic E-state index is 12.7. The Morgan fingerprint density at radius 3 is 2.56 bits per heavy atom. The van der Waals surface area contributed by atoms with Crippen molar-refractivity contribution in [2.24, 2.45) is 0 Å². The Kier molecular flexibility index (Phi) is 5.55. The smallest absolute Gasteiger partial charge is 0.237 e. The number of nitrogens with zero attached hydrogens (tertiary/aromatic N) is 3. The van der Waals surface area contributed by atoms with Gasteiger partial charge in [0.2, 0.25) is 5.91 Å². The fourth-order valence-electron chi connectivity index (χ4n) is 3.96. The van der Waals surface area contributed by atoms with Crippen LogP contribution in [0.3, 0.4) is 0 Å². The van der Waals surface area contributed by atoms with Crippen LogP contribution in [0, 0.1) is 11.3 Å². The fraction of sp³-hybridized carbons (Fsp3) is 0.524. The first kappa shape index (κ1) is 17.7. The molecule has 1 aliphatic heterocycles. The molecule has 1 amide bonds. The molecule has 132 valence electrons. The molecule has 1 aromatic rings. The van der Waals surface area contributed by atoms with Crippen LogP contribution < -0.4 is 0 Å². The summed E-state index contributed by atoms with van der Waals surface area (Å²) < 4.78 is 0. The van der Waals surface area contributed by atoms with Crippen LogP contribution in [0.15, 0.2) is 36.4 Å². The maximum Gasteiger partial charge on any atom is 0.237 e. The summed E-state index contributed by atoms with van der Waals surface area (Å²) in [6, 6.07) is 12.9. The van der Waals surface area contributed by atoms with Crippen molar-refractivity contribution in [3.8, 4) is 6.07 Å². The predicted octanol–water partition coefficient (Wildman–Crippen LogP) is 3.46. The summed E-state index contributed by atoms with van der Waals surface area (Å²) in [5.74, 6) is 0.0695. The normalized spacial score (nSPS) is 20.4. The molecule has 0 aromatic heterocycles. The minimum atomic E-state index is -0.587. The zero-order chi connectivity index (χ0) is 17.7. The van der Waals surface area contributed by atoms with E-state index in [9.17, 15) is 10.1 Å². The quantitative estimate of drug-likeness (QED) is 0.845. The second-order valence-electron chi connectivity index (χ2n) is 7.24. The van der Waals surface area contributed by atoms with Crippen LogP contribution >= 0.6 is 0 Å². The minimum absolute atomic E-state index is 0.0695. The van der Waals surface area contributed by atoms with Crippen molar-refractivity contribution in [2.75, 3.05) is 26.7 Å². The average molecular weight is 337 g/mol. The van der Waals surface area contributed by atoms with Gasteiger partial charge in [0.15, 0.2) is 0 Å². The maximum atomic E-state index is 12.7. The Hall–Kier alpha value is -2.12. The molecule has 0 atom stereocenters. The van der Waals surface area contributed by atoms with E-state index in [0.29, 0.717) is 6.54 Å². The number of hydrogen-bond donors (Lipinski definition) is 0. The van der Waals surface area contributed by atoms with Gasteiger partial charge in [-0.15, -0.1) is 0 Å². The van der Waals surface area contributed by atoms with Gasteiger partial charge in [-0.1, -0.05) is 55.7 Å². The predicted molar refractivity (Wildman–Crippen MR) is 99.7 cm³/mol. The Balaban J connectivity index is 1.59. The van der Waals surface area contributed by atoms with Crippen LogP contribution in [0.1, 0.15) is 44.1 Å². The number of carbonyl (C=O) groups excluding carboxylic acids is 1. The van der Waals surface area contributed by atoms with Gasteiger partial charge in [0, 0.05) is 20.1 Å². The van der Waals surface area contributed by atoms with E-state index in [0.717, 1.165) is 45.2 Å². The first-order valence-electron chi connectivity index (χ1n) is 9.29. The topological polar surface area (TPSA) is 47.3 Å². The lowest BCUT2D eigenvalue weighted by atomic mass is 9.81. The summed E-state index contributed by atoms with van der Waals surface area (Å²) >= 11 is 0. The average Bonchev–Trinajstić information content (AvgIpc) is 2.69. The van der Waals surface area contributed by atoms with Crippen molar-refractivity contribution in [3.05, 3.63) is 42.0 Å². The van der Waals surface area contributed by atoms with E-state index in [2.05, 4.69) is 41.3 Å². The van der Waals surface area contributed by atoms with Crippen molar-refractivity contribution in [1.82, 2.24) is 9.80 Å². The molecule has 3 rings (SSSR count). The van der Waals surface area contributed by atoms with E-state index in [4.69, 9.17) is 0 Å². The highest BCUT2D eigenvalue weighted by atomic mass is 16.2. The molecule has 2 aliphatic rings. The van der Waals surface area contributed by atoms with Gasteiger partial charge in [-0.3, -0.25) is 9.69 Å². The van der Waals surface area contributed by atoms with Crippen LogP contribution in [-0.4, -0.2) is 47.9 Å². The van der Waals surface area contributed by atoms with Crippen LogP contribution in [0.25, 0.3) is 5.57 Å². The number of benzene rings is 1. The van der Waals surface area contributed by atoms with Crippen molar-refractivity contribution in [2.45, 2.75) is 44.1 Å². The second kappa shape index (κ2) is 7.84. The molecule has 0 N–H and O–H groups in total. The first-order valence-corrected chi connectivity index (χ1v) is 9.29. The van der Waals surface area contributed by atoms with Crippen LogP contribution in [-0.2, 0) is 4.79 Å². The number of likely N-dealkylation sites (N-methyl/N-ethyl adjacent to an activating group) is 1. The summed E-state index contributed by atoms with van der Waals surface area (Å²) in [4.78, 5) is 16.6. The standard InChI is InChI=1S/C21H27N3O/c1-23(21(17-22)12-6-3-7-13-21)20(25)16-24-14-10-19(11-15-24)18-8-4-2-5-9-18/h2,4-5,8-10H,3,6-7,11-16H2,1H3. The first-order chi connectivity index (χ1) is 12.1. The molecule has 0 saturated heterocycles. The number of carbonyl (C=O) groups is 1. The van der Waals surface area contributed by atoms with Gasteiger partial charge < -0.3 is 4.90 Å². The molecule has 1 fully saturated rings. The third kappa shape index (κ3) is 3.93. The van der Waals surface area contributed by atoms with E-state index in [1.807, 2.05) is 13.1 Å². The Morgan fingerprint density at radius 1 is 1.24 bits per heavy atom. The van der Waals surface area contributed by atoms with Gasteiger partial charge in [-0.2, -0.15) is 5.26 Å². The van der Waals surface area contributed by atoms with E-state index in [1.165, 1.54) is 17.6 Å². The zero-order valence-corrected chi connectivity index (χ0v) is 15.1. The van der Waals surface area contributed by atoms with Gasteiger partial charge >= 0.3 is 0 Å². The fourth-order valence-corrected chi connectivity index (χ4v) is 3.96. The number of hydrogen-bond acceptors (Lipinski definition) is 3. The largest absolute Gasteiger partial charge is 0.326 e. The monoisotopic (exact) mass is 337 g/mol. The Morgan fingerprint density at radius 2 is 1.96 bits per heavy atom. The minimum Gasteiger partial charge on any atom is -0.326 e. The molecule has 1 heterocycles. The molecule has 1 aromatic carbocycles. The van der Waals surface area contributed by atoms with Crippen molar-refractivity contribution < 1.29 is 4.79 Å². The van der Waals surface area contributed by atoms with Gasteiger partial charge in [0.1, 0.15) is 5.54 Å². The van der Waals surface area contributed by atoms with Crippen molar-refractivity contribution in [3.63, 3.8) is 0 Å². The molecule has 0 spiro atoms. The molecular weight excluding hydrogens is 310 g/mol. The van der Waals surface area contributed by atoms with Crippen LogP contribution in [0.5, 0.6) is 0 Å². The highest BCUT2D eigenvalue weighted by Crippen LogP contribution is 2.32. The van der Waals surface area contributed by atoms with E-state index in [-0.39, 0.29) is 5.91 Å². The lowest BCUT2D eigenvalue weighted by Gasteiger charge is -2.40. The van der Waals surface area contributed by atoms with Gasteiger partial charge in [-0.25, -0.2) is 0 Å².